The maximum absolute atomic E-state index is 6.33. The summed E-state index contributed by atoms with van der Waals surface area (Å²) in [5.41, 5.74) is 7.01. The van der Waals surface area contributed by atoms with Gasteiger partial charge in [0, 0.05) is 38.3 Å². The van der Waals surface area contributed by atoms with Gasteiger partial charge in [-0.1, -0.05) is 35.3 Å². The highest BCUT2D eigenvalue weighted by atomic mass is 35.5. The zero-order chi connectivity index (χ0) is 14.0. The van der Waals surface area contributed by atoms with Gasteiger partial charge in [0.15, 0.2) is 0 Å². The molecule has 1 fully saturated rings. The third-order valence-corrected chi connectivity index (χ3v) is 4.83. The molecule has 2 atom stereocenters. The number of likely N-dealkylation sites (N-methyl/N-ethyl adjacent to an activating group) is 1. The number of benzene rings is 1. The number of rotatable bonds is 3. The van der Waals surface area contributed by atoms with E-state index in [4.69, 9.17) is 28.9 Å². The van der Waals surface area contributed by atoms with Crippen LogP contribution in [-0.4, -0.2) is 49.1 Å². The summed E-state index contributed by atoms with van der Waals surface area (Å²) in [6.45, 7) is 5.85. The molecule has 1 aliphatic heterocycles. The van der Waals surface area contributed by atoms with E-state index in [9.17, 15) is 0 Å². The molecular formula is C14H21Cl2N3. The molecule has 19 heavy (non-hydrogen) atoms. The Kier molecular flexibility index (Phi) is 5.09. The van der Waals surface area contributed by atoms with Crippen molar-refractivity contribution in [2.45, 2.75) is 19.0 Å². The molecule has 5 heteroatoms. The van der Waals surface area contributed by atoms with E-state index in [1.165, 1.54) is 0 Å². The molecule has 1 saturated heterocycles. The Morgan fingerprint density at radius 1 is 1.37 bits per heavy atom. The molecule has 0 spiro atoms. The van der Waals surface area contributed by atoms with Crippen LogP contribution in [0.2, 0.25) is 10.0 Å². The quantitative estimate of drug-likeness (QED) is 0.931. The first-order chi connectivity index (χ1) is 9.04. The minimum Gasteiger partial charge on any atom is -0.329 e. The van der Waals surface area contributed by atoms with E-state index in [-0.39, 0.29) is 6.04 Å². The minimum atomic E-state index is 0.141. The van der Waals surface area contributed by atoms with Crippen LogP contribution in [0.15, 0.2) is 18.2 Å². The van der Waals surface area contributed by atoms with Crippen LogP contribution in [0.5, 0.6) is 0 Å². The molecule has 0 radical (unpaired) electrons. The first kappa shape index (κ1) is 15.1. The van der Waals surface area contributed by atoms with Gasteiger partial charge in [-0.15, -0.1) is 0 Å². The highest BCUT2D eigenvalue weighted by Gasteiger charge is 2.28. The lowest BCUT2D eigenvalue weighted by atomic mass is 10.0. The number of nitrogens with two attached hydrogens (primary N) is 1. The topological polar surface area (TPSA) is 32.5 Å². The summed E-state index contributed by atoms with van der Waals surface area (Å²) < 4.78 is 0. The van der Waals surface area contributed by atoms with E-state index in [1.807, 2.05) is 18.2 Å². The molecule has 1 aromatic carbocycles. The highest BCUT2D eigenvalue weighted by molar-refractivity contribution is 6.42. The summed E-state index contributed by atoms with van der Waals surface area (Å²) in [6, 6.07) is 6.44. The molecule has 1 aliphatic rings. The van der Waals surface area contributed by atoms with Crippen LogP contribution >= 0.6 is 23.2 Å². The van der Waals surface area contributed by atoms with Gasteiger partial charge in [-0.3, -0.25) is 4.90 Å². The summed E-state index contributed by atoms with van der Waals surface area (Å²) in [4.78, 5) is 4.77. The molecule has 0 amide bonds. The molecule has 106 valence electrons. The van der Waals surface area contributed by atoms with Crippen molar-refractivity contribution < 1.29 is 0 Å². The smallest absolute Gasteiger partial charge is 0.0640 e. The molecule has 3 nitrogen and oxygen atoms in total. The van der Waals surface area contributed by atoms with Crippen molar-refractivity contribution in [2.24, 2.45) is 5.73 Å². The molecule has 2 unspecified atom stereocenters. The Hall–Kier alpha value is -0.320. The van der Waals surface area contributed by atoms with Crippen molar-refractivity contribution in [2.75, 3.05) is 33.2 Å². The fraction of sp³-hybridized carbons (Fsp3) is 0.571. The van der Waals surface area contributed by atoms with Gasteiger partial charge >= 0.3 is 0 Å². The van der Waals surface area contributed by atoms with Crippen molar-refractivity contribution in [3.05, 3.63) is 33.8 Å². The van der Waals surface area contributed by atoms with E-state index >= 15 is 0 Å². The predicted molar refractivity (Wildman–Crippen MR) is 81.9 cm³/mol. The fourth-order valence-electron chi connectivity index (χ4n) is 2.61. The second kappa shape index (κ2) is 6.42. The van der Waals surface area contributed by atoms with E-state index in [0.29, 0.717) is 22.6 Å². The summed E-state index contributed by atoms with van der Waals surface area (Å²) in [6.07, 6.45) is 0. The van der Waals surface area contributed by atoms with E-state index in [2.05, 4.69) is 23.8 Å². The van der Waals surface area contributed by atoms with Crippen molar-refractivity contribution >= 4 is 23.2 Å². The van der Waals surface area contributed by atoms with E-state index < -0.39 is 0 Å². The lowest BCUT2D eigenvalue weighted by Gasteiger charge is -2.41. The molecular weight excluding hydrogens is 281 g/mol. The largest absolute Gasteiger partial charge is 0.329 e. The minimum absolute atomic E-state index is 0.141. The van der Waals surface area contributed by atoms with Gasteiger partial charge in [0.2, 0.25) is 0 Å². The van der Waals surface area contributed by atoms with E-state index in [1.54, 1.807) is 0 Å². The van der Waals surface area contributed by atoms with Crippen molar-refractivity contribution in [1.29, 1.82) is 0 Å². The van der Waals surface area contributed by atoms with Crippen LogP contribution in [-0.2, 0) is 0 Å². The molecule has 1 heterocycles. The van der Waals surface area contributed by atoms with Gasteiger partial charge < -0.3 is 10.6 Å². The maximum atomic E-state index is 6.33. The average Bonchev–Trinajstić information content (AvgIpc) is 2.39. The number of hydrogen-bond donors (Lipinski definition) is 1. The Morgan fingerprint density at radius 2 is 2.11 bits per heavy atom. The van der Waals surface area contributed by atoms with Crippen LogP contribution in [0, 0.1) is 0 Å². The van der Waals surface area contributed by atoms with Gasteiger partial charge in [-0.25, -0.2) is 0 Å². The van der Waals surface area contributed by atoms with Crippen LogP contribution in [0.4, 0.5) is 0 Å². The lowest BCUT2D eigenvalue weighted by molar-refractivity contribution is 0.0741. The van der Waals surface area contributed by atoms with Crippen LogP contribution < -0.4 is 5.73 Å². The highest BCUT2D eigenvalue weighted by Crippen LogP contribution is 2.33. The summed E-state index contributed by atoms with van der Waals surface area (Å²) >= 11 is 12.4. The number of hydrogen-bond acceptors (Lipinski definition) is 3. The Bertz CT molecular complexity index is 439. The first-order valence-corrected chi connectivity index (χ1v) is 7.38. The summed E-state index contributed by atoms with van der Waals surface area (Å²) in [5.74, 6) is 0. The summed E-state index contributed by atoms with van der Waals surface area (Å²) in [7, 11) is 2.16. The zero-order valence-corrected chi connectivity index (χ0v) is 13.0. The van der Waals surface area contributed by atoms with Crippen molar-refractivity contribution in [3.8, 4) is 0 Å². The van der Waals surface area contributed by atoms with Gasteiger partial charge in [-0.2, -0.15) is 0 Å². The second-order valence-corrected chi connectivity index (χ2v) is 6.00. The predicted octanol–water partition coefficient (Wildman–Crippen LogP) is 2.63. The van der Waals surface area contributed by atoms with Crippen molar-refractivity contribution in [1.82, 2.24) is 9.80 Å². The third-order valence-electron chi connectivity index (χ3n) is 4.00. The monoisotopic (exact) mass is 301 g/mol. The van der Waals surface area contributed by atoms with Crippen LogP contribution in [0.1, 0.15) is 18.5 Å². The molecule has 1 aromatic rings. The average molecular weight is 302 g/mol. The maximum Gasteiger partial charge on any atom is 0.0640 e. The second-order valence-electron chi connectivity index (χ2n) is 5.22. The molecule has 2 N–H and O–H groups in total. The first-order valence-electron chi connectivity index (χ1n) is 6.63. The number of halogens is 2. The molecule has 0 aromatic heterocycles. The summed E-state index contributed by atoms with van der Waals surface area (Å²) in [5, 5.41) is 1.23. The van der Waals surface area contributed by atoms with Crippen molar-refractivity contribution in [3.63, 3.8) is 0 Å². The molecule has 0 aliphatic carbocycles. The van der Waals surface area contributed by atoms with Gasteiger partial charge in [0.25, 0.3) is 0 Å². The Morgan fingerprint density at radius 3 is 2.74 bits per heavy atom. The van der Waals surface area contributed by atoms with Gasteiger partial charge in [-0.05, 0) is 25.6 Å². The van der Waals surface area contributed by atoms with Gasteiger partial charge in [0.05, 0.1) is 10.0 Å². The van der Waals surface area contributed by atoms with E-state index in [0.717, 1.165) is 25.2 Å². The lowest BCUT2D eigenvalue weighted by Crippen LogP contribution is -2.52. The molecule has 0 bridgehead atoms. The van der Waals surface area contributed by atoms with Crippen LogP contribution in [0.3, 0.4) is 0 Å². The van der Waals surface area contributed by atoms with Gasteiger partial charge in [0.1, 0.15) is 0 Å². The Balaban J connectivity index is 2.22. The third kappa shape index (κ3) is 3.23. The zero-order valence-electron chi connectivity index (χ0n) is 11.4. The Labute approximate surface area is 125 Å². The number of piperazine rings is 1. The fourth-order valence-corrected chi connectivity index (χ4v) is 3.04. The molecule has 0 saturated carbocycles. The SMILES string of the molecule is CC1CN(C(CN)c2cccc(Cl)c2Cl)CCN1C. The number of nitrogens with zero attached hydrogens (tertiary/aromatic N) is 2. The standard InChI is InChI=1S/C14H21Cl2N3/c1-10-9-19(7-6-18(10)2)13(8-17)11-4-3-5-12(15)14(11)16/h3-5,10,13H,6-9,17H2,1-2H3. The molecule has 2 rings (SSSR count). The normalized spacial score (nSPS) is 23.5. The van der Waals surface area contributed by atoms with Crippen LogP contribution in [0.25, 0.3) is 0 Å².